The van der Waals surface area contributed by atoms with Crippen molar-refractivity contribution in [2.45, 2.75) is 66.2 Å². The van der Waals surface area contributed by atoms with Crippen LogP contribution >= 0.6 is 0 Å². The second kappa shape index (κ2) is 11.3. The lowest BCUT2D eigenvalue weighted by Gasteiger charge is -2.23. The molecule has 0 N–H and O–H groups in total. The molecule has 0 radical (unpaired) electrons. The van der Waals surface area contributed by atoms with Gasteiger partial charge in [0.15, 0.2) is 0 Å². The predicted octanol–water partition coefficient (Wildman–Crippen LogP) is 4.74. The molecule has 0 aliphatic heterocycles. The van der Waals surface area contributed by atoms with Crippen LogP contribution in [0.1, 0.15) is 66.2 Å². The van der Waals surface area contributed by atoms with Gasteiger partial charge in [0.1, 0.15) is 0 Å². The van der Waals surface area contributed by atoms with Gasteiger partial charge in [-0.25, -0.2) is 0 Å². The van der Waals surface area contributed by atoms with Crippen LogP contribution in [0, 0.1) is 11.8 Å². The van der Waals surface area contributed by atoms with Crippen LogP contribution in [0.5, 0.6) is 0 Å². The van der Waals surface area contributed by atoms with Gasteiger partial charge in [0.05, 0.1) is 12.5 Å². The van der Waals surface area contributed by atoms with Gasteiger partial charge in [-0.2, -0.15) is 0 Å². The molecule has 0 aromatic carbocycles. The molecule has 0 saturated carbocycles. The molecule has 0 saturated heterocycles. The summed E-state index contributed by atoms with van der Waals surface area (Å²) in [5.74, 6) is 0.387. The van der Waals surface area contributed by atoms with Crippen molar-refractivity contribution in [2.24, 2.45) is 11.8 Å². The summed E-state index contributed by atoms with van der Waals surface area (Å²) in [6.45, 7) is 8.75. The first-order chi connectivity index (χ1) is 8.71. The maximum absolute atomic E-state index is 12.1. The lowest BCUT2D eigenvalue weighted by Crippen LogP contribution is -2.25. The zero-order chi connectivity index (χ0) is 13.8. The van der Waals surface area contributed by atoms with E-state index < -0.39 is 0 Å². The van der Waals surface area contributed by atoms with Crippen molar-refractivity contribution in [1.29, 1.82) is 0 Å². The van der Waals surface area contributed by atoms with Gasteiger partial charge < -0.3 is 4.74 Å². The van der Waals surface area contributed by atoms with E-state index in [1.54, 1.807) is 0 Å². The molecule has 0 spiro atoms. The molecule has 2 atom stereocenters. The van der Waals surface area contributed by atoms with E-state index in [0.717, 1.165) is 25.7 Å². The lowest BCUT2D eigenvalue weighted by molar-refractivity contribution is -0.149. The minimum absolute atomic E-state index is 0.00912. The van der Waals surface area contributed by atoms with Crippen molar-refractivity contribution in [3.05, 3.63) is 12.2 Å². The number of allylic oxidation sites excluding steroid dienone is 2. The molecule has 0 aliphatic rings. The number of esters is 1. The van der Waals surface area contributed by atoms with Crippen LogP contribution in [0.4, 0.5) is 0 Å². The highest BCUT2D eigenvalue weighted by atomic mass is 16.5. The highest BCUT2D eigenvalue weighted by Crippen LogP contribution is 2.26. The molecule has 0 aromatic rings. The van der Waals surface area contributed by atoms with Crippen LogP contribution in [0.25, 0.3) is 0 Å². The van der Waals surface area contributed by atoms with Crippen LogP contribution in [0.15, 0.2) is 12.2 Å². The van der Waals surface area contributed by atoms with Gasteiger partial charge in [0.2, 0.25) is 0 Å². The molecule has 0 heterocycles. The first-order valence-electron chi connectivity index (χ1n) is 7.50. The molecule has 0 fully saturated rings. The van der Waals surface area contributed by atoms with E-state index in [1.165, 1.54) is 12.8 Å². The summed E-state index contributed by atoms with van der Waals surface area (Å²) in [4.78, 5) is 12.1. The Morgan fingerprint density at radius 1 is 1.11 bits per heavy atom. The van der Waals surface area contributed by atoms with Gasteiger partial charge in [-0.05, 0) is 32.6 Å². The SMILES string of the molecule is C/C=C/[C@H](CCCC)[C@@H](CCCC)C(=O)OCC. The monoisotopic (exact) mass is 254 g/mol. The van der Waals surface area contributed by atoms with Gasteiger partial charge in [0, 0.05) is 0 Å². The number of unbranched alkanes of at least 4 members (excludes halogenated alkanes) is 2. The summed E-state index contributed by atoms with van der Waals surface area (Å²) in [6, 6.07) is 0. The van der Waals surface area contributed by atoms with Gasteiger partial charge in [-0.1, -0.05) is 51.7 Å². The minimum Gasteiger partial charge on any atom is -0.466 e. The number of carbonyl (C=O) groups excluding carboxylic acids is 1. The van der Waals surface area contributed by atoms with Gasteiger partial charge in [0.25, 0.3) is 0 Å². The van der Waals surface area contributed by atoms with E-state index in [0.29, 0.717) is 12.5 Å². The molecular formula is C16H30O2. The Hall–Kier alpha value is -0.790. The average Bonchev–Trinajstić information content (AvgIpc) is 2.36. The summed E-state index contributed by atoms with van der Waals surface area (Å²) in [5.41, 5.74) is 0. The molecule has 0 unspecified atom stereocenters. The predicted molar refractivity (Wildman–Crippen MR) is 77.5 cm³/mol. The molecule has 0 aromatic heterocycles. The van der Waals surface area contributed by atoms with Gasteiger partial charge in [-0.3, -0.25) is 4.79 Å². The van der Waals surface area contributed by atoms with Gasteiger partial charge >= 0.3 is 5.97 Å². The quantitative estimate of drug-likeness (QED) is 0.416. The zero-order valence-electron chi connectivity index (χ0n) is 12.6. The second-order valence-corrected chi connectivity index (χ2v) is 4.83. The number of hydrogen-bond donors (Lipinski definition) is 0. The fourth-order valence-corrected chi connectivity index (χ4v) is 2.30. The first kappa shape index (κ1) is 17.2. The van der Waals surface area contributed by atoms with E-state index in [4.69, 9.17) is 4.74 Å². The molecule has 0 amide bonds. The fraction of sp³-hybridized carbons (Fsp3) is 0.812. The van der Waals surface area contributed by atoms with E-state index in [2.05, 4.69) is 26.0 Å². The summed E-state index contributed by atoms with van der Waals surface area (Å²) in [5, 5.41) is 0. The van der Waals surface area contributed by atoms with Crippen molar-refractivity contribution in [2.75, 3.05) is 6.61 Å². The topological polar surface area (TPSA) is 26.3 Å². The Kier molecular flexibility index (Phi) is 10.8. The highest BCUT2D eigenvalue weighted by molar-refractivity contribution is 5.73. The highest BCUT2D eigenvalue weighted by Gasteiger charge is 2.26. The minimum atomic E-state index is -0.00912. The molecule has 2 nitrogen and oxygen atoms in total. The molecule has 2 heteroatoms. The molecule has 0 bridgehead atoms. The second-order valence-electron chi connectivity index (χ2n) is 4.83. The van der Waals surface area contributed by atoms with Crippen molar-refractivity contribution in [3.63, 3.8) is 0 Å². The van der Waals surface area contributed by atoms with Crippen LogP contribution in [0.3, 0.4) is 0 Å². The summed E-state index contributed by atoms with van der Waals surface area (Å²) < 4.78 is 5.24. The zero-order valence-corrected chi connectivity index (χ0v) is 12.6. The maximum Gasteiger partial charge on any atom is 0.309 e. The lowest BCUT2D eigenvalue weighted by atomic mass is 9.84. The van der Waals surface area contributed by atoms with Crippen LogP contribution in [-0.2, 0) is 9.53 Å². The first-order valence-corrected chi connectivity index (χ1v) is 7.50. The van der Waals surface area contributed by atoms with Crippen LogP contribution in [0.2, 0.25) is 0 Å². The molecular weight excluding hydrogens is 224 g/mol. The average molecular weight is 254 g/mol. The third-order valence-electron chi connectivity index (χ3n) is 3.31. The van der Waals surface area contributed by atoms with E-state index >= 15 is 0 Å². The Labute approximate surface area is 113 Å². The Morgan fingerprint density at radius 3 is 2.22 bits per heavy atom. The van der Waals surface area contributed by atoms with Gasteiger partial charge in [-0.15, -0.1) is 0 Å². The van der Waals surface area contributed by atoms with E-state index in [-0.39, 0.29) is 11.9 Å². The summed E-state index contributed by atoms with van der Waals surface area (Å²) >= 11 is 0. The fourth-order valence-electron chi connectivity index (χ4n) is 2.30. The van der Waals surface area contributed by atoms with Crippen molar-refractivity contribution in [3.8, 4) is 0 Å². The summed E-state index contributed by atoms with van der Waals surface area (Å²) in [6.07, 6.45) is 10.9. The largest absolute Gasteiger partial charge is 0.466 e. The number of hydrogen-bond acceptors (Lipinski definition) is 2. The van der Waals surface area contributed by atoms with Crippen LogP contribution < -0.4 is 0 Å². The smallest absolute Gasteiger partial charge is 0.309 e. The third kappa shape index (κ3) is 6.83. The van der Waals surface area contributed by atoms with Crippen molar-refractivity contribution >= 4 is 5.97 Å². The normalized spacial score (nSPS) is 14.7. The third-order valence-corrected chi connectivity index (χ3v) is 3.31. The molecule has 0 aliphatic carbocycles. The van der Waals surface area contributed by atoms with Crippen molar-refractivity contribution in [1.82, 2.24) is 0 Å². The number of rotatable bonds is 10. The maximum atomic E-state index is 12.1. The standard InChI is InChI=1S/C16H30O2/c1-5-9-12-14(11-7-3)15(13-10-6-2)16(17)18-8-4/h7,11,14-15H,5-6,8-10,12-13H2,1-4H3/b11-7+/t14-,15-/m1/s1. The number of ether oxygens (including phenoxy) is 1. The summed E-state index contributed by atoms with van der Waals surface area (Å²) in [7, 11) is 0. The number of carbonyl (C=O) groups is 1. The Morgan fingerprint density at radius 2 is 1.72 bits per heavy atom. The molecule has 0 rings (SSSR count). The molecule has 106 valence electrons. The Balaban J connectivity index is 4.66. The molecule has 18 heavy (non-hydrogen) atoms. The van der Waals surface area contributed by atoms with Crippen LogP contribution in [-0.4, -0.2) is 12.6 Å². The Bertz CT molecular complexity index is 233. The van der Waals surface area contributed by atoms with E-state index in [1.807, 2.05) is 13.8 Å². The van der Waals surface area contributed by atoms with Crippen molar-refractivity contribution < 1.29 is 9.53 Å². The van der Waals surface area contributed by atoms with E-state index in [9.17, 15) is 4.79 Å².